The highest BCUT2D eigenvalue weighted by Crippen LogP contribution is 2.37. The van der Waals surface area contributed by atoms with E-state index in [1.165, 1.54) is 4.90 Å². The van der Waals surface area contributed by atoms with Gasteiger partial charge in [-0.25, -0.2) is 19.7 Å². The van der Waals surface area contributed by atoms with Gasteiger partial charge in [0, 0.05) is 10.6 Å². The number of halogens is 3. The predicted molar refractivity (Wildman–Crippen MR) is 111 cm³/mol. The first-order chi connectivity index (χ1) is 12.5. The van der Waals surface area contributed by atoms with E-state index in [4.69, 9.17) is 39.5 Å². The molecule has 1 aromatic heterocycles. The fourth-order valence-electron chi connectivity index (χ4n) is 2.47. The van der Waals surface area contributed by atoms with Crippen LogP contribution < -0.4 is 4.90 Å². The molecule has 146 valence electrons. The second kappa shape index (κ2) is 8.63. The summed E-state index contributed by atoms with van der Waals surface area (Å²) in [5.74, 6) is 0.793. The van der Waals surface area contributed by atoms with Gasteiger partial charge in [0.15, 0.2) is 5.82 Å². The molecule has 0 atom stereocenters. The van der Waals surface area contributed by atoms with Gasteiger partial charge in [-0.05, 0) is 52.3 Å². The summed E-state index contributed by atoms with van der Waals surface area (Å²) >= 11 is 18.8. The molecule has 1 aromatic carbocycles. The van der Waals surface area contributed by atoms with Gasteiger partial charge in [0.2, 0.25) is 0 Å². The summed E-state index contributed by atoms with van der Waals surface area (Å²) < 4.78 is 5.60. The van der Waals surface area contributed by atoms with E-state index in [1.807, 2.05) is 6.92 Å². The normalized spacial score (nSPS) is 11.4. The smallest absolute Gasteiger partial charge is 0.420 e. The van der Waals surface area contributed by atoms with Gasteiger partial charge in [-0.1, -0.05) is 48.1 Å². The van der Waals surface area contributed by atoms with Crippen LogP contribution in [0.1, 0.15) is 45.5 Å². The van der Waals surface area contributed by atoms with Gasteiger partial charge < -0.3 is 4.74 Å². The third-order valence-electron chi connectivity index (χ3n) is 3.49. The Morgan fingerprint density at radius 2 is 1.85 bits per heavy atom. The second-order valence-corrected chi connectivity index (χ2v) is 8.23. The molecular weight excluding hydrogens is 409 g/mol. The van der Waals surface area contributed by atoms with Crippen LogP contribution in [0.2, 0.25) is 15.2 Å². The minimum Gasteiger partial charge on any atom is -0.443 e. The van der Waals surface area contributed by atoms with Crippen molar-refractivity contribution in [2.24, 2.45) is 0 Å². The van der Waals surface area contributed by atoms with Crippen LogP contribution in [0, 0.1) is 6.92 Å². The molecule has 1 amide bonds. The minimum absolute atomic E-state index is 0.295. The van der Waals surface area contributed by atoms with E-state index >= 15 is 0 Å². The van der Waals surface area contributed by atoms with E-state index in [2.05, 4.69) is 9.97 Å². The lowest BCUT2D eigenvalue weighted by molar-refractivity contribution is 0.0598. The molecule has 0 aliphatic rings. The number of carbonyl (C=O) groups is 1. The quantitative estimate of drug-likeness (QED) is 0.502. The van der Waals surface area contributed by atoms with E-state index in [1.54, 1.807) is 45.9 Å². The lowest BCUT2D eigenvalue weighted by atomic mass is 10.1. The number of ether oxygens (including phenoxy) is 1. The molecule has 27 heavy (non-hydrogen) atoms. The van der Waals surface area contributed by atoms with E-state index in [0.717, 1.165) is 6.42 Å². The molecule has 0 N–H and O–H groups in total. The first-order valence-corrected chi connectivity index (χ1v) is 9.68. The Morgan fingerprint density at radius 3 is 2.41 bits per heavy atom. The average molecular weight is 431 g/mol. The summed E-state index contributed by atoms with van der Waals surface area (Å²) in [6, 6.07) is 4.86. The average Bonchev–Trinajstić information content (AvgIpc) is 2.51. The van der Waals surface area contributed by atoms with Crippen molar-refractivity contribution in [3.05, 3.63) is 44.8 Å². The maximum absolute atomic E-state index is 13.1. The molecule has 5 nitrogen and oxygen atoms in total. The number of aryl methyl sites for hydroxylation is 1. The zero-order valence-corrected chi connectivity index (χ0v) is 18.2. The highest BCUT2D eigenvalue weighted by Gasteiger charge is 2.30. The summed E-state index contributed by atoms with van der Waals surface area (Å²) in [5, 5.41) is 1.06. The standard InChI is InChI=1S/C19H22Cl3N3O2/c1-6-7-13-16(22)23-11(2)24-17(13)25(18(26)27-19(3,4)5)15-9-8-12(20)10-14(15)21/h8-10H,6-7H2,1-5H3. The highest BCUT2D eigenvalue weighted by atomic mass is 35.5. The Labute approximate surface area is 174 Å². The van der Waals surface area contributed by atoms with Gasteiger partial charge in [0.25, 0.3) is 0 Å². The molecule has 2 aromatic rings. The minimum atomic E-state index is -0.703. The van der Waals surface area contributed by atoms with Crippen LogP contribution in [0.25, 0.3) is 0 Å². The van der Waals surface area contributed by atoms with Crippen LogP contribution in [0.4, 0.5) is 16.3 Å². The fourth-order valence-corrected chi connectivity index (χ4v) is 3.26. The zero-order valence-electron chi connectivity index (χ0n) is 15.9. The summed E-state index contributed by atoms with van der Waals surface area (Å²) in [6.45, 7) is 9.09. The Hall–Kier alpha value is -1.56. The predicted octanol–water partition coefficient (Wildman–Crippen LogP) is 6.77. The molecule has 0 unspecified atom stereocenters. The van der Waals surface area contributed by atoms with Crippen molar-refractivity contribution in [3.63, 3.8) is 0 Å². The third-order valence-corrected chi connectivity index (χ3v) is 4.34. The van der Waals surface area contributed by atoms with E-state index in [9.17, 15) is 4.79 Å². The van der Waals surface area contributed by atoms with Crippen LogP contribution in [0.5, 0.6) is 0 Å². The molecule has 1 heterocycles. The van der Waals surface area contributed by atoms with Gasteiger partial charge in [-0.3, -0.25) is 0 Å². The van der Waals surface area contributed by atoms with Crippen LogP contribution >= 0.6 is 34.8 Å². The Bertz CT molecular complexity index is 851. The first kappa shape index (κ1) is 21.7. The molecule has 0 saturated carbocycles. The molecule has 0 spiro atoms. The molecule has 2 rings (SSSR count). The van der Waals surface area contributed by atoms with Crippen LogP contribution in [0.3, 0.4) is 0 Å². The van der Waals surface area contributed by atoms with Crippen molar-refractivity contribution in [2.45, 2.75) is 53.1 Å². The van der Waals surface area contributed by atoms with Crippen molar-refractivity contribution in [3.8, 4) is 0 Å². The summed E-state index contributed by atoms with van der Waals surface area (Å²) in [4.78, 5) is 23.1. The van der Waals surface area contributed by atoms with Gasteiger partial charge in [0.05, 0.1) is 10.7 Å². The SMILES string of the molecule is CCCc1c(Cl)nc(C)nc1N(C(=O)OC(C)(C)C)c1ccc(Cl)cc1Cl. The van der Waals surface area contributed by atoms with Crippen molar-refractivity contribution in [1.82, 2.24) is 9.97 Å². The van der Waals surface area contributed by atoms with E-state index < -0.39 is 11.7 Å². The Balaban J connectivity index is 2.72. The molecule has 8 heteroatoms. The van der Waals surface area contributed by atoms with Gasteiger partial charge >= 0.3 is 6.09 Å². The van der Waals surface area contributed by atoms with Crippen molar-refractivity contribution in [1.29, 1.82) is 0 Å². The van der Waals surface area contributed by atoms with E-state index in [0.29, 0.717) is 44.5 Å². The molecule has 0 radical (unpaired) electrons. The maximum atomic E-state index is 13.1. The number of carbonyl (C=O) groups excluding carboxylic acids is 1. The molecule has 0 aliphatic carbocycles. The maximum Gasteiger partial charge on any atom is 0.420 e. The second-order valence-electron chi connectivity index (χ2n) is 7.03. The van der Waals surface area contributed by atoms with Gasteiger partial charge in [-0.15, -0.1) is 0 Å². The van der Waals surface area contributed by atoms with Crippen molar-refractivity contribution >= 4 is 52.4 Å². The number of amides is 1. The summed E-state index contributed by atoms with van der Waals surface area (Å²) in [7, 11) is 0. The number of nitrogens with zero attached hydrogens (tertiary/aromatic N) is 3. The Kier molecular flexibility index (Phi) is 6.95. The topological polar surface area (TPSA) is 55.3 Å². The number of hydrogen-bond acceptors (Lipinski definition) is 4. The number of benzene rings is 1. The van der Waals surface area contributed by atoms with E-state index in [-0.39, 0.29) is 0 Å². The summed E-state index contributed by atoms with van der Waals surface area (Å²) in [6.07, 6.45) is 0.785. The lowest BCUT2D eigenvalue weighted by Gasteiger charge is -2.29. The first-order valence-electron chi connectivity index (χ1n) is 8.54. The van der Waals surface area contributed by atoms with Gasteiger partial charge in [-0.2, -0.15) is 0 Å². The van der Waals surface area contributed by atoms with Crippen LogP contribution in [0.15, 0.2) is 18.2 Å². The number of anilines is 2. The lowest BCUT2D eigenvalue weighted by Crippen LogP contribution is -2.35. The fraction of sp³-hybridized carbons (Fsp3) is 0.421. The molecule has 0 bridgehead atoms. The largest absolute Gasteiger partial charge is 0.443 e. The molecule has 0 fully saturated rings. The summed E-state index contributed by atoms with van der Waals surface area (Å²) in [5.41, 5.74) is 0.355. The third kappa shape index (κ3) is 5.47. The van der Waals surface area contributed by atoms with Crippen molar-refractivity contribution < 1.29 is 9.53 Å². The monoisotopic (exact) mass is 429 g/mol. The molecular formula is C19H22Cl3N3O2. The number of rotatable bonds is 4. The van der Waals surface area contributed by atoms with Crippen LogP contribution in [-0.2, 0) is 11.2 Å². The van der Waals surface area contributed by atoms with Gasteiger partial charge in [0.1, 0.15) is 16.6 Å². The zero-order chi connectivity index (χ0) is 20.4. The number of hydrogen-bond donors (Lipinski definition) is 0. The number of aromatic nitrogens is 2. The Morgan fingerprint density at radius 1 is 1.19 bits per heavy atom. The van der Waals surface area contributed by atoms with Crippen LogP contribution in [-0.4, -0.2) is 21.7 Å². The van der Waals surface area contributed by atoms with Crippen molar-refractivity contribution in [2.75, 3.05) is 4.90 Å². The molecule has 0 saturated heterocycles. The highest BCUT2D eigenvalue weighted by molar-refractivity contribution is 6.37. The molecule has 0 aliphatic heterocycles.